The number of nitrogens with two attached hydrogens (primary N) is 1. The Hall–Kier alpha value is -2.30. The van der Waals surface area contributed by atoms with E-state index in [2.05, 4.69) is 27.0 Å². The Morgan fingerprint density at radius 3 is 2.78 bits per heavy atom. The smallest absolute Gasteiger partial charge is 0.222 e. The zero-order valence-corrected chi connectivity index (χ0v) is 13.8. The van der Waals surface area contributed by atoms with Crippen molar-refractivity contribution in [3.63, 3.8) is 0 Å². The monoisotopic (exact) mass is 312 g/mol. The number of rotatable bonds is 3. The predicted molar refractivity (Wildman–Crippen MR) is 92.7 cm³/mol. The van der Waals surface area contributed by atoms with Gasteiger partial charge in [-0.15, -0.1) is 0 Å². The van der Waals surface area contributed by atoms with E-state index in [1.807, 2.05) is 25.1 Å². The molecule has 23 heavy (non-hydrogen) atoms. The number of methoxy groups -OCH3 is 1. The van der Waals surface area contributed by atoms with Gasteiger partial charge in [0.15, 0.2) is 0 Å². The summed E-state index contributed by atoms with van der Waals surface area (Å²) in [5, 5.41) is 0. The number of para-hydroxylation sites is 1. The molecule has 1 aliphatic heterocycles. The number of hydrogen-bond acceptors (Lipinski definition) is 5. The summed E-state index contributed by atoms with van der Waals surface area (Å²) >= 11 is 0. The molecule has 1 saturated heterocycles. The normalized spacial score (nSPS) is 18.5. The van der Waals surface area contributed by atoms with Crippen LogP contribution < -0.4 is 15.4 Å². The second kappa shape index (κ2) is 6.86. The zero-order valence-electron chi connectivity index (χ0n) is 13.8. The third-order valence-electron chi connectivity index (χ3n) is 4.40. The maximum absolute atomic E-state index is 5.87. The van der Waals surface area contributed by atoms with Gasteiger partial charge in [0, 0.05) is 23.9 Å². The number of aromatic nitrogens is 2. The van der Waals surface area contributed by atoms with Crippen molar-refractivity contribution < 1.29 is 4.74 Å². The van der Waals surface area contributed by atoms with Crippen LogP contribution in [-0.4, -0.2) is 23.6 Å². The number of ether oxygens (including phenoxy) is 1. The Morgan fingerprint density at radius 1 is 1.17 bits per heavy atom. The van der Waals surface area contributed by atoms with E-state index in [4.69, 9.17) is 10.5 Å². The Balaban J connectivity index is 2.03. The van der Waals surface area contributed by atoms with Crippen molar-refractivity contribution in [2.75, 3.05) is 24.3 Å². The molecule has 5 heteroatoms. The fourth-order valence-corrected chi connectivity index (χ4v) is 3.37. The molecule has 1 aromatic heterocycles. The Morgan fingerprint density at radius 2 is 2.00 bits per heavy atom. The molecule has 5 nitrogen and oxygen atoms in total. The van der Waals surface area contributed by atoms with Crippen LogP contribution in [0, 0.1) is 6.92 Å². The molecule has 3 rings (SSSR count). The van der Waals surface area contributed by atoms with Gasteiger partial charge in [-0.05, 0) is 25.8 Å². The van der Waals surface area contributed by atoms with E-state index in [9.17, 15) is 0 Å². The lowest BCUT2D eigenvalue weighted by Gasteiger charge is -2.32. The van der Waals surface area contributed by atoms with Gasteiger partial charge in [0.25, 0.3) is 0 Å². The van der Waals surface area contributed by atoms with Crippen LogP contribution in [-0.2, 0) is 0 Å². The molecule has 1 fully saturated rings. The van der Waals surface area contributed by atoms with Crippen LogP contribution in [0.1, 0.15) is 43.0 Å². The second-order valence-electron chi connectivity index (χ2n) is 6.03. The lowest BCUT2D eigenvalue weighted by atomic mass is 9.99. The Kier molecular flexibility index (Phi) is 4.65. The molecule has 0 aliphatic carbocycles. The number of anilines is 2. The molecular weight excluding hydrogens is 288 g/mol. The van der Waals surface area contributed by atoms with Crippen LogP contribution in [0.4, 0.5) is 11.8 Å². The molecule has 1 aliphatic rings. The SMILES string of the molecule is COc1ccccc1C1CCCCCN1c1cc(C)nc(N)n1. The van der Waals surface area contributed by atoms with Gasteiger partial charge in [-0.2, -0.15) is 4.98 Å². The number of aryl methyl sites for hydroxylation is 1. The maximum atomic E-state index is 5.87. The van der Waals surface area contributed by atoms with E-state index in [1.54, 1.807) is 7.11 Å². The average Bonchev–Trinajstić information content (AvgIpc) is 2.79. The first-order valence-electron chi connectivity index (χ1n) is 8.20. The molecule has 0 bridgehead atoms. The Bertz CT molecular complexity index is 654. The summed E-state index contributed by atoms with van der Waals surface area (Å²) in [6.07, 6.45) is 4.69. The number of nitrogen functional groups attached to an aromatic ring is 1. The van der Waals surface area contributed by atoms with Gasteiger partial charge in [-0.25, -0.2) is 4.98 Å². The molecule has 1 aromatic carbocycles. The van der Waals surface area contributed by atoms with Gasteiger partial charge in [0.2, 0.25) is 5.95 Å². The largest absolute Gasteiger partial charge is 0.496 e. The first-order valence-corrected chi connectivity index (χ1v) is 8.20. The van der Waals surface area contributed by atoms with Crippen LogP contribution >= 0.6 is 0 Å². The molecule has 2 N–H and O–H groups in total. The van der Waals surface area contributed by atoms with Crippen LogP contribution in [0.25, 0.3) is 0 Å². The molecule has 0 radical (unpaired) electrons. The van der Waals surface area contributed by atoms with E-state index >= 15 is 0 Å². The van der Waals surface area contributed by atoms with Gasteiger partial charge < -0.3 is 15.4 Å². The second-order valence-corrected chi connectivity index (χ2v) is 6.03. The lowest BCUT2D eigenvalue weighted by molar-refractivity contribution is 0.402. The third-order valence-corrected chi connectivity index (χ3v) is 4.40. The number of hydrogen-bond donors (Lipinski definition) is 1. The van der Waals surface area contributed by atoms with Crippen molar-refractivity contribution in [2.45, 2.75) is 38.6 Å². The quantitative estimate of drug-likeness (QED) is 0.939. The number of benzene rings is 1. The highest BCUT2D eigenvalue weighted by atomic mass is 16.5. The molecule has 2 aromatic rings. The van der Waals surface area contributed by atoms with Crippen molar-refractivity contribution >= 4 is 11.8 Å². The molecule has 1 unspecified atom stereocenters. The highest BCUT2D eigenvalue weighted by Gasteiger charge is 2.26. The molecule has 1 atom stereocenters. The molecular formula is C18H24N4O. The summed E-state index contributed by atoms with van der Waals surface area (Å²) in [5.74, 6) is 2.18. The van der Waals surface area contributed by atoms with Crippen molar-refractivity contribution in [3.05, 3.63) is 41.6 Å². The minimum Gasteiger partial charge on any atom is -0.496 e. The molecule has 0 amide bonds. The van der Waals surface area contributed by atoms with E-state index in [0.29, 0.717) is 5.95 Å². The van der Waals surface area contributed by atoms with Crippen molar-refractivity contribution in [1.82, 2.24) is 9.97 Å². The number of nitrogens with zero attached hydrogens (tertiary/aromatic N) is 3. The van der Waals surface area contributed by atoms with Gasteiger partial charge in [-0.1, -0.05) is 31.0 Å². The highest BCUT2D eigenvalue weighted by Crippen LogP contribution is 2.37. The minimum absolute atomic E-state index is 0.252. The van der Waals surface area contributed by atoms with Gasteiger partial charge in [-0.3, -0.25) is 0 Å². The van der Waals surface area contributed by atoms with Crippen molar-refractivity contribution in [1.29, 1.82) is 0 Å². The summed E-state index contributed by atoms with van der Waals surface area (Å²) in [5.41, 5.74) is 7.98. The summed E-state index contributed by atoms with van der Waals surface area (Å²) in [6.45, 7) is 2.93. The highest BCUT2D eigenvalue weighted by molar-refractivity contribution is 5.49. The topological polar surface area (TPSA) is 64.3 Å². The van der Waals surface area contributed by atoms with Crippen LogP contribution in [0.15, 0.2) is 30.3 Å². The zero-order chi connectivity index (χ0) is 16.2. The van der Waals surface area contributed by atoms with E-state index in [-0.39, 0.29) is 6.04 Å². The van der Waals surface area contributed by atoms with Crippen LogP contribution in [0.5, 0.6) is 5.75 Å². The van der Waals surface area contributed by atoms with Crippen molar-refractivity contribution in [2.24, 2.45) is 0 Å². The molecule has 2 heterocycles. The third kappa shape index (κ3) is 3.38. The van der Waals surface area contributed by atoms with Gasteiger partial charge in [0.1, 0.15) is 11.6 Å². The minimum atomic E-state index is 0.252. The van der Waals surface area contributed by atoms with Crippen molar-refractivity contribution in [3.8, 4) is 5.75 Å². The fraction of sp³-hybridized carbons (Fsp3) is 0.444. The lowest BCUT2D eigenvalue weighted by Crippen LogP contribution is -2.30. The fourth-order valence-electron chi connectivity index (χ4n) is 3.37. The van der Waals surface area contributed by atoms with E-state index in [1.165, 1.54) is 18.4 Å². The standard InChI is InChI=1S/C18H24N4O/c1-13-12-17(21-18(19)20-13)22-11-7-3-4-9-15(22)14-8-5-6-10-16(14)23-2/h5-6,8,10,12,15H,3-4,7,9,11H2,1-2H3,(H2,19,20,21). The first kappa shape index (κ1) is 15.6. The van der Waals surface area contributed by atoms with Crippen LogP contribution in [0.2, 0.25) is 0 Å². The summed E-state index contributed by atoms with van der Waals surface area (Å²) in [6, 6.07) is 10.5. The van der Waals surface area contributed by atoms with Gasteiger partial charge >= 0.3 is 0 Å². The summed E-state index contributed by atoms with van der Waals surface area (Å²) in [7, 11) is 1.73. The molecule has 0 saturated carbocycles. The van der Waals surface area contributed by atoms with Gasteiger partial charge in [0.05, 0.1) is 13.2 Å². The predicted octanol–water partition coefficient (Wildman–Crippen LogP) is 3.50. The molecule has 122 valence electrons. The average molecular weight is 312 g/mol. The summed E-state index contributed by atoms with van der Waals surface area (Å²) < 4.78 is 5.59. The Labute approximate surface area is 137 Å². The van der Waals surface area contributed by atoms with E-state index in [0.717, 1.165) is 36.6 Å². The maximum Gasteiger partial charge on any atom is 0.222 e. The first-order chi connectivity index (χ1) is 11.2. The van der Waals surface area contributed by atoms with Crippen LogP contribution in [0.3, 0.4) is 0 Å². The molecule has 0 spiro atoms. The summed E-state index contributed by atoms with van der Waals surface area (Å²) in [4.78, 5) is 11.0. The van der Waals surface area contributed by atoms with E-state index < -0.39 is 0 Å².